The van der Waals surface area contributed by atoms with Crippen LogP contribution in [0.1, 0.15) is 23.6 Å². The Hall–Kier alpha value is -2.00. The molecular formula is C19H25NO2. The zero-order valence-corrected chi connectivity index (χ0v) is 13.7. The maximum atomic E-state index is 5.69. The summed E-state index contributed by atoms with van der Waals surface area (Å²) < 4.78 is 11.0. The van der Waals surface area contributed by atoms with Crippen LogP contribution in [0.25, 0.3) is 0 Å². The van der Waals surface area contributed by atoms with E-state index in [0.717, 1.165) is 18.9 Å². The summed E-state index contributed by atoms with van der Waals surface area (Å²) in [6.45, 7) is 8.98. The summed E-state index contributed by atoms with van der Waals surface area (Å²) in [4.78, 5) is 0. The van der Waals surface area contributed by atoms with Crippen LogP contribution < -0.4 is 10.1 Å². The minimum atomic E-state index is 0.585. The van der Waals surface area contributed by atoms with Crippen LogP contribution in [0.3, 0.4) is 0 Å². The van der Waals surface area contributed by atoms with Crippen LogP contribution in [0.15, 0.2) is 42.5 Å². The van der Waals surface area contributed by atoms with Gasteiger partial charge in [-0.2, -0.15) is 0 Å². The van der Waals surface area contributed by atoms with Gasteiger partial charge in [-0.3, -0.25) is 0 Å². The smallest absolute Gasteiger partial charge is 0.119 e. The SMILES string of the molecule is CCOCCOc1cccc(CNc2cccc(C)c2C)c1. The number of nitrogens with one attached hydrogen (secondary N) is 1. The first-order chi connectivity index (χ1) is 10.7. The molecule has 0 aliphatic rings. The second kappa shape index (κ2) is 8.44. The number of anilines is 1. The quantitative estimate of drug-likeness (QED) is 0.736. The van der Waals surface area contributed by atoms with Gasteiger partial charge in [-0.1, -0.05) is 24.3 Å². The monoisotopic (exact) mass is 299 g/mol. The van der Waals surface area contributed by atoms with E-state index in [1.165, 1.54) is 22.4 Å². The number of aryl methyl sites for hydroxylation is 1. The predicted molar refractivity (Wildman–Crippen MR) is 91.7 cm³/mol. The molecule has 118 valence electrons. The molecule has 0 fully saturated rings. The maximum Gasteiger partial charge on any atom is 0.119 e. The van der Waals surface area contributed by atoms with Crippen LogP contribution in [0.2, 0.25) is 0 Å². The van der Waals surface area contributed by atoms with Gasteiger partial charge in [0, 0.05) is 18.8 Å². The standard InChI is InChI=1S/C19H25NO2/c1-4-21-11-12-22-18-9-6-8-17(13-18)14-20-19-10-5-7-15(2)16(19)3/h5-10,13,20H,4,11-12,14H2,1-3H3. The second-order valence-corrected chi connectivity index (χ2v) is 5.29. The Morgan fingerprint density at radius 2 is 1.82 bits per heavy atom. The third kappa shape index (κ3) is 4.78. The molecule has 0 saturated carbocycles. The summed E-state index contributed by atoms with van der Waals surface area (Å²) in [6.07, 6.45) is 0. The largest absolute Gasteiger partial charge is 0.491 e. The van der Waals surface area contributed by atoms with Crippen molar-refractivity contribution in [2.24, 2.45) is 0 Å². The zero-order valence-electron chi connectivity index (χ0n) is 13.7. The van der Waals surface area contributed by atoms with E-state index in [2.05, 4.69) is 49.5 Å². The lowest BCUT2D eigenvalue weighted by Crippen LogP contribution is -2.07. The Morgan fingerprint density at radius 1 is 1.00 bits per heavy atom. The van der Waals surface area contributed by atoms with Gasteiger partial charge in [0.15, 0.2) is 0 Å². The fourth-order valence-corrected chi connectivity index (χ4v) is 2.25. The van der Waals surface area contributed by atoms with Crippen molar-refractivity contribution >= 4 is 5.69 Å². The van der Waals surface area contributed by atoms with Gasteiger partial charge in [0.2, 0.25) is 0 Å². The van der Waals surface area contributed by atoms with Crippen molar-refractivity contribution in [3.8, 4) is 5.75 Å². The van der Waals surface area contributed by atoms with Gasteiger partial charge >= 0.3 is 0 Å². The van der Waals surface area contributed by atoms with E-state index in [1.54, 1.807) is 0 Å². The number of hydrogen-bond donors (Lipinski definition) is 1. The summed E-state index contributed by atoms with van der Waals surface area (Å²) >= 11 is 0. The average Bonchev–Trinajstić information content (AvgIpc) is 2.53. The molecule has 0 aliphatic carbocycles. The molecule has 2 aromatic carbocycles. The molecule has 3 nitrogen and oxygen atoms in total. The van der Waals surface area contributed by atoms with Gasteiger partial charge in [-0.05, 0) is 55.7 Å². The highest BCUT2D eigenvalue weighted by Gasteiger charge is 2.01. The summed E-state index contributed by atoms with van der Waals surface area (Å²) in [5.74, 6) is 0.889. The molecule has 0 bridgehead atoms. The third-order valence-electron chi connectivity index (χ3n) is 3.69. The lowest BCUT2D eigenvalue weighted by atomic mass is 10.1. The lowest BCUT2D eigenvalue weighted by molar-refractivity contribution is 0.110. The number of benzene rings is 2. The molecule has 0 radical (unpaired) electrons. The van der Waals surface area contributed by atoms with Gasteiger partial charge < -0.3 is 14.8 Å². The van der Waals surface area contributed by atoms with E-state index in [9.17, 15) is 0 Å². The van der Waals surface area contributed by atoms with E-state index in [-0.39, 0.29) is 0 Å². The minimum Gasteiger partial charge on any atom is -0.491 e. The summed E-state index contributed by atoms with van der Waals surface area (Å²) in [6, 6.07) is 14.5. The molecule has 0 heterocycles. The molecule has 2 aromatic rings. The summed E-state index contributed by atoms with van der Waals surface area (Å²) in [5.41, 5.74) is 4.99. The van der Waals surface area contributed by atoms with Crippen molar-refractivity contribution in [1.29, 1.82) is 0 Å². The molecule has 0 spiro atoms. The highest BCUT2D eigenvalue weighted by atomic mass is 16.5. The molecule has 0 aromatic heterocycles. The van der Waals surface area contributed by atoms with E-state index in [0.29, 0.717) is 13.2 Å². The van der Waals surface area contributed by atoms with Crippen LogP contribution in [-0.2, 0) is 11.3 Å². The van der Waals surface area contributed by atoms with E-state index in [1.807, 2.05) is 19.1 Å². The molecule has 0 unspecified atom stereocenters. The molecule has 22 heavy (non-hydrogen) atoms. The Kier molecular flexibility index (Phi) is 6.28. The Morgan fingerprint density at radius 3 is 2.64 bits per heavy atom. The fourth-order valence-electron chi connectivity index (χ4n) is 2.25. The fraction of sp³-hybridized carbons (Fsp3) is 0.368. The Labute approximate surface area is 133 Å². The van der Waals surface area contributed by atoms with E-state index >= 15 is 0 Å². The summed E-state index contributed by atoms with van der Waals surface area (Å²) in [5, 5.41) is 3.49. The average molecular weight is 299 g/mol. The van der Waals surface area contributed by atoms with Crippen molar-refractivity contribution in [2.75, 3.05) is 25.1 Å². The van der Waals surface area contributed by atoms with Crippen molar-refractivity contribution in [2.45, 2.75) is 27.3 Å². The lowest BCUT2D eigenvalue weighted by Gasteiger charge is -2.12. The maximum absolute atomic E-state index is 5.69. The van der Waals surface area contributed by atoms with Gasteiger partial charge in [0.05, 0.1) is 6.61 Å². The molecule has 0 amide bonds. The van der Waals surface area contributed by atoms with Crippen LogP contribution in [0, 0.1) is 13.8 Å². The second-order valence-electron chi connectivity index (χ2n) is 5.29. The molecule has 0 aliphatic heterocycles. The number of ether oxygens (including phenoxy) is 2. The predicted octanol–water partition coefficient (Wildman–Crippen LogP) is 4.33. The highest BCUT2D eigenvalue weighted by Crippen LogP contribution is 2.20. The molecule has 0 atom stereocenters. The van der Waals surface area contributed by atoms with Crippen molar-refractivity contribution in [3.63, 3.8) is 0 Å². The van der Waals surface area contributed by atoms with Crippen molar-refractivity contribution in [3.05, 3.63) is 59.2 Å². The number of hydrogen-bond acceptors (Lipinski definition) is 3. The van der Waals surface area contributed by atoms with Crippen LogP contribution in [0.5, 0.6) is 5.75 Å². The van der Waals surface area contributed by atoms with Gasteiger partial charge in [-0.15, -0.1) is 0 Å². The minimum absolute atomic E-state index is 0.585. The summed E-state index contributed by atoms with van der Waals surface area (Å²) in [7, 11) is 0. The van der Waals surface area contributed by atoms with Crippen LogP contribution in [0.4, 0.5) is 5.69 Å². The Bertz CT molecular complexity index is 596. The molecule has 2 rings (SSSR count). The molecular weight excluding hydrogens is 274 g/mol. The molecule has 1 N–H and O–H groups in total. The van der Waals surface area contributed by atoms with Gasteiger partial charge in [0.25, 0.3) is 0 Å². The van der Waals surface area contributed by atoms with Gasteiger partial charge in [-0.25, -0.2) is 0 Å². The molecule has 0 saturated heterocycles. The van der Waals surface area contributed by atoms with Gasteiger partial charge in [0.1, 0.15) is 12.4 Å². The van der Waals surface area contributed by atoms with E-state index in [4.69, 9.17) is 9.47 Å². The van der Waals surface area contributed by atoms with E-state index < -0.39 is 0 Å². The molecule has 3 heteroatoms. The van der Waals surface area contributed by atoms with Crippen LogP contribution in [-0.4, -0.2) is 19.8 Å². The Balaban J connectivity index is 1.91. The topological polar surface area (TPSA) is 30.5 Å². The third-order valence-corrected chi connectivity index (χ3v) is 3.69. The first kappa shape index (κ1) is 16.4. The van der Waals surface area contributed by atoms with Crippen LogP contribution >= 0.6 is 0 Å². The normalized spacial score (nSPS) is 10.5. The first-order valence-corrected chi connectivity index (χ1v) is 7.80. The highest BCUT2D eigenvalue weighted by molar-refractivity contribution is 5.54. The zero-order chi connectivity index (χ0) is 15.8. The van der Waals surface area contributed by atoms with Crippen molar-refractivity contribution in [1.82, 2.24) is 0 Å². The number of rotatable bonds is 8. The first-order valence-electron chi connectivity index (χ1n) is 7.80. The van der Waals surface area contributed by atoms with Crippen molar-refractivity contribution < 1.29 is 9.47 Å².